The van der Waals surface area contributed by atoms with Gasteiger partial charge in [-0.3, -0.25) is 19.2 Å². The van der Waals surface area contributed by atoms with Gasteiger partial charge < -0.3 is 30.0 Å². The van der Waals surface area contributed by atoms with Crippen LogP contribution in [0.1, 0.15) is 43.0 Å². The van der Waals surface area contributed by atoms with Gasteiger partial charge in [-0.1, -0.05) is 84.9 Å². The van der Waals surface area contributed by atoms with Crippen molar-refractivity contribution in [3.05, 3.63) is 188 Å². The minimum atomic E-state index is -0.848. The van der Waals surface area contributed by atoms with Gasteiger partial charge in [0.25, 0.3) is 22.9 Å². The molecule has 8 rings (SSSR count). The normalized spacial score (nSPS) is 11.1. The van der Waals surface area contributed by atoms with Crippen LogP contribution in [0, 0.1) is 13.8 Å². The number of para-hydroxylation sites is 1. The summed E-state index contributed by atoms with van der Waals surface area (Å²) in [7, 11) is 0. The van der Waals surface area contributed by atoms with Gasteiger partial charge in [-0.2, -0.15) is 0 Å². The quantitative estimate of drug-likeness (QED) is 0.118. The van der Waals surface area contributed by atoms with Crippen LogP contribution in [0.2, 0.25) is 0 Å². The SMILES string of the molecule is Cc1ccc(NC(=O)c2c(O)c3cc(-c4cc(C)cc(NC(=O)c5c(O)c6ccccc6n(Cc6ccccc6)c5=O)n4)ccc3n(Cc3ccccc3)c2=O)nc1. The van der Waals surface area contributed by atoms with E-state index in [4.69, 9.17) is 0 Å². The second-order valence-electron chi connectivity index (χ2n) is 14.0. The average Bonchev–Trinajstić information content (AvgIpc) is 3.22. The lowest BCUT2D eigenvalue weighted by Gasteiger charge is -2.17. The van der Waals surface area contributed by atoms with E-state index in [1.807, 2.05) is 67.6 Å². The number of nitrogens with one attached hydrogen (secondary N) is 2. The van der Waals surface area contributed by atoms with Gasteiger partial charge in [-0.05, 0) is 78.6 Å². The Kier molecular flexibility index (Phi) is 9.81. The van der Waals surface area contributed by atoms with Gasteiger partial charge in [0, 0.05) is 22.5 Å². The molecule has 0 spiro atoms. The van der Waals surface area contributed by atoms with E-state index in [1.165, 1.54) is 9.13 Å². The van der Waals surface area contributed by atoms with Gasteiger partial charge in [0.1, 0.15) is 34.3 Å². The highest BCUT2D eigenvalue weighted by Crippen LogP contribution is 2.33. The van der Waals surface area contributed by atoms with Gasteiger partial charge in [-0.25, -0.2) is 9.97 Å². The van der Waals surface area contributed by atoms with Crippen molar-refractivity contribution in [2.45, 2.75) is 26.9 Å². The number of hydrogen-bond acceptors (Lipinski definition) is 8. The summed E-state index contributed by atoms with van der Waals surface area (Å²) in [6.45, 7) is 3.95. The summed E-state index contributed by atoms with van der Waals surface area (Å²) in [5.74, 6) is -2.32. The summed E-state index contributed by atoms with van der Waals surface area (Å²) in [5.41, 5.74) is 2.71. The lowest BCUT2D eigenvalue weighted by Crippen LogP contribution is -2.30. The number of carbonyl (C=O) groups is 2. The van der Waals surface area contributed by atoms with Crippen molar-refractivity contribution in [1.82, 2.24) is 19.1 Å². The highest BCUT2D eigenvalue weighted by molar-refractivity contribution is 6.10. The maximum Gasteiger partial charge on any atom is 0.268 e. The average molecular weight is 769 g/mol. The van der Waals surface area contributed by atoms with Crippen LogP contribution in [0.15, 0.2) is 143 Å². The van der Waals surface area contributed by atoms with Crippen LogP contribution in [0.3, 0.4) is 0 Å². The third-order valence-electron chi connectivity index (χ3n) is 9.87. The lowest BCUT2D eigenvalue weighted by molar-refractivity contribution is 0.101. The Hall–Kier alpha value is -7.86. The number of amides is 2. The van der Waals surface area contributed by atoms with Crippen molar-refractivity contribution < 1.29 is 19.8 Å². The van der Waals surface area contributed by atoms with Gasteiger partial charge >= 0.3 is 0 Å². The molecule has 8 aromatic rings. The summed E-state index contributed by atoms with van der Waals surface area (Å²) in [4.78, 5) is 64.5. The third-order valence-corrected chi connectivity index (χ3v) is 9.87. The van der Waals surface area contributed by atoms with Crippen molar-refractivity contribution in [1.29, 1.82) is 0 Å². The van der Waals surface area contributed by atoms with Crippen molar-refractivity contribution in [2.24, 2.45) is 0 Å². The second kappa shape index (κ2) is 15.3. The van der Waals surface area contributed by atoms with Crippen molar-refractivity contribution >= 4 is 45.3 Å². The Bertz CT molecular complexity index is 3020. The van der Waals surface area contributed by atoms with Crippen LogP contribution in [0.25, 0.3) is 33.1 Å². The molecule has 0 fully saturated rings. The summed E-state index contributed by atoms with van der Waals surface area (Å²) >= 11 is 0. The molecule has 12 heteroatoms. The Balaban J connectivity index is 1.19. The van der Waals surface area contributed by atoms with E-state index < -0.39 is 45.6 Å². The van der Waals surface area contributed by atoms with Crippen LogP contribution >= 0.6 is 0 Å². The molecule has 0 bridgehead atoms. The molecule has 4 aromatic carbocycles. The first-order valence-electron chi connectivity index (χ1n) is 18.4. The Morgan fingerprint density at radius 1 is 0.586 bits per heavy atom. The summed E-state index contributed by atoms with van der Waals surface area (Å²) in [6.07, 6.45) is 1.58. The Morgan fingerprint density at radius 2 is 1.14 bits per heavy atom. The van der Waals surface area contributed by atoms with E-state index in [9.17, 15) is 29.4 Å². The molecule has 4 N–H and O–H groups in total. The molecule has 0 saturated carbocycles. The molecule has 286 valence electrons. The van der Waals surface area contributed by atoms with Crippen LogP contribution in [0.5, 0.6) is 11.5 Å². The monoisotopic (exact) mass is 768 g/mol. The maximum atomic E-state index is 14.0. The standard InChI is InChI=1S/C46H36N6O6/c1-27-17-20-37(47-24-27)49-43(55)40-42(54)33-23-31(18-19-36(33)52(46(40)58)26-30-13-7-4-8-14-30)34-21-28(2)22-38(48-34)50-44(56)39-41(53)32-15-9-10-16-35(32)51(45(39)57)25-29-11-5-3-6-12-29/h3-24,53-54H,25-26H2,1-2H3,(H,47,49,55)(H,48,50,56). The third kappa shape index (κ3) is 7.17. The molecule has 0 saturated heterocycles. The van der Waals surface area contributed by atoms with Crippen LogP contribution in [-0.2, 0) is 13.1 Å². The second-order valence-corrected chi connectivity index (χ2v) is 14.0. The van der Waals surface area contributed by atoms with E-state index in [-0.39, 0.29) is 30.1 Å². The van der Waals surface area contributed by atoms with Gasteiger partial charge in [-0.15, -0.1) is 0 Å². The number of hydrogen-bond donors (Lipinski definition) is 4. The van der Waals surface area contributed by atoms with Gasteiger partial charge in [0.15, 0.2) is 0 Å². The smallest absolute Gasteiger partial charge is 0.268 e. The molecule has 4 aromatic heterocycles. The topological polar surface area (TPSA) is 168 Å². The van der Waals surface area contributed by atoms with E-state index in [0.29, 0.717) is 33.2 Å². The van der Waals surface area contributed by atoms with Gasteiger partial charge in [0.2, 0.25) is 0 Å². The highest BCUT2D eigenvalue weighted by atomic mass is 16.3. The number of anilines is 2. The van der Waals surface area contributed by atoms with E-state index in [2.05, 4.69) is 20.6 Å². The number of rotatable bonds is 9. The molecule has 4 heterocycles. The molecule has 0 aliphatic heterocycles. The van der Waals surface area contributed by atoms with Crippen LogP contribution in [-0.4, -0.2) is 41.1 Å². The number of aryl methyl sites for hydroxylation is 2. The van der Waals surface area contributed by atoms with Crippen LogP contribution in [0.4, 0.5) is 11.6 Å². The maximum absolute atomic E-state index is 14.0. The first kappa shape index (κ1) is 37.1. The largest absolute Gasteiger partial charge is 0.506 e. The fourth-order valence-electron chi connectivity index (χ4n) is 7.02. The van der Waals surface area contributed by atoms with Crippen molar-refractivity contribution in [2.75, 3.05) is 10.6 Å². The van der Waals surface area contributed by atoms with E-state index >= 15 is 0 Å². The number of nitrogens with zero attached hydrogens (tertiary/aromatic N) is 4. The molecular weight excluding hydrogens is 733 g/mol. The minimum Gasteiger partial charge on any atom is -0.506 e. The number of aromatic hydroxyl groups is 2. The van der Waals surface area contributed by atoms with Crippen molar-refractivity contribution in [3.8, 4) is 22.8 Å². The number of aromatic nitrogens is 4. The molecule has 58 heavy (non-hydrogen) atoms. The molecule has 0 aliphatic rings. The van der Waals surface area contributed by atoms with Crippen molar-refractivity contribution in [3.63, 3.8) is 0 Å². The molecule has 0 aliphatic carbocycles. The van der Waals surface area contributed by atoms with E-state index in [1.54, 1.807) is 79.9 Å². The molecule has 2 amide bonds. The fourth-order valence-corrected chi connectivity index (χ4v) is 7.02. The summed E-state index contributed by atoms with van der Waals surface area (Å²) in [5, 5.41) is 28.8. The zero-order valence-electron chi connectivity index (χ0n) is 31.4. The number of carbonyl (C=O) groups excluding carboxylic acids is 2. The molecule has 12 nitrogen and oxygen atoms in total. The Morgan fingerprint density at radius 3 is 1.74 bits per heavy atom. The minimum absolute atomic E-state index is 0.102. The predicted octanol–water partition coefficient (Wildman–Crippen LogP) is 7.40. The zero-order chi connectivity index (χ0) is 40.5. The fraction of sp³-hybridized carbons (Fsp3) is 0.0870. The van der Waals surface area contributed by atoms with E-state index in [0.717, 1.165) is 16.7 Å². The predicted molar refractivity (Wildman–Crippen MR) is 224 cm³/mol. The molecular formula is C46H36N6O6. The molecule has 0 atom stereocenters. The summed E-state index contributed by atoms with van der Waals surface area (Å²) in [6, 6.07) is 37.2. The van der Waals surface area contributed by atoms with Gasteiger partial charge in [0.05, 0.1) is 29.8 Å². The molecule has 0 unspecified atom stereocenters. The number of benzene rings is 4. The Labute approximate surface area is 331 Å². The zero-order valence-corrected chi connectivity index (χ0v) is 31.4. The number of fused-ring (bicyclic) bond motifs is 2. The summed E-state index contributed by atoms with van der Waals surface area (Å²) < 4.78 is 2.89. The molecule has 0 radical (unpaired) electrons. The first-order valence-corrected chi connectivity index (χ1v) is 18.4. The number of pyridine rings is 4. The van der Waals surface area contributed by atoms with Crippen LogP contribution < -0.4 is 21.8 Å². The highest BCUT2D eigenvalue weighted by Gasteiger charge is 2.25. The lowest BCUT2D eigenvalue weighted by atomic mass is 10.0. The first-order chi connectivity index (χ1) is 28.0.